The van der Waals surface area contributed by atoms with Crippen LogP contribution in [-0.2, 0) is 9.53 Å². The molecule has 11 nitrogen and oxygen atoms in total. The van der Waals surface area contributed by atoms with Crippen LogP contribution in [0.2, 0.25) is 5.02 Å². The van der Waals surface area contributed by atoms with Gasteiger partial charge in [-0.15, -0.1) is 0 Å². The molecule has 46 heavy (non-hydrogen) atoms. The fourth-order valence-corrected chi connectivity index (χ4v) is 7.63. The number of hydrogen-bond acceptors (Lipinski definition) is 10. The van der Waals surface area contributed by atoms with Gasteiger partial charge >= 0.3 is 6.01 Å². The van der Waals surface area contributed by atoms with Crippen LogP contribution in [0.5, 0.6) is 17.6 Å². The molecule has 14 heteroatoms. The molecule has 1 saturated carbocycles. The van der Waals surface area contributed by atoms with Crippen molar-refractivity contribution in [3.8, 4) is 28.9 Å². The minimum absolute atomic E-state index is 0.00885. The molecule has 2 N–H and O–H groups in total. The van der Waals surface area contributed by atoms with E-state index in [-0.39, 0.29) is 60.2 Å². The average Bonchev–Trinajstić information content (AvgIpc) is 3.73. The lowest BCUT2D eigenvalue weighted by Gasteiger charge is -2.33. The van der Waals surface area contributed by atoms with E-state index in [9.17, 15) is 9.18 Å². The van der Waals surface area contributed by atoms with Gasteiger partial charge < -0.3 is 29.6 Å². The number of anilines is 1. The van der Waals surface area contributed by atoms with Crippen molar-refractivity contribution in [1.29, 1.82) is 0 Å². The molecule has 5 heterocycles. The SMILES string of the molecule is COCOc1cc(Cl)c(C2CC2)c(-c2nc3c4c(nc(OC[C@@]56CCCN5C[C@H](F)C6)nc4c2F)N([C@H](C)C(N)=O)[C@@H](C)CO3)c1. The number of amides is 1. The summed E-state index contributed by atoms with van der Waals surface area (Å²) in [7, 11) is 1.50. The second kappa shape index (κ2) is 11.9. The summed E-state index contributed by atoms with van der Waals surface area (Å²) in [6.07, 6.45) is 2.93. The van der Waals surface area contributed by atoms with Gasteiger partial charge in [-0.05, 0) is 69.7 Å². The van der Waals surface area contributed by atoms with Gasteiger partial charge in [0.05, 0.1) is 11.6 Å². The number of fused-ring (bicyclic) bond motifs is 1. The summed E-state index contributed by atoms with van der Waals surface area (Å²) in [5.74, 6) is -0.461. The number of benzene rings is 1. The fourth-order valence-electron chi connectivity index (χ4n) is 7.26. The molecule has 0 unspecified atom stereocenters. The average molecular weight is 659 g/mol. The van der Waals surface area contributed by atoms with E-state index in [0.29, 0.717) is 29.3 Å². The van der Waals surface area contributed by atoms with E-state index in [1.54, 1.807) is 24.0 Å². The molecule has 1 aromatic carbocycles. The molecule has 3 aromatic rings. The van der Waals surface area contributed by atoms with Gasteiger partial charge in [-0.1, -0.05) is 11.6 Å². The van der Waals surface area contributed by atoms with Crippen LogP contribution in [0.3, 0.4) is 0 Å². The van der Waals surface area contributed by atoms with E-state index in [0.717, 1.165) is 37.8 Å². The highest BCUT2D eigenvalue weighted by atomic mass is 35.5. The van der Waals surface area contributed by atoms with Crippen molar-refractivity contribution in [1.82, 2.24) is 19.9 Å². The summed E-state index contributed by atoms with van der Waals surface area (Å²) in [6.45, 7) is 4.89. The highest BCUT2D eigenvalue weighted by molar-refractivity contribution is 6.32. The summed E-state index contributed by atoms with van der Waals surface area (Å²) < 4.78 is 54.7. The third kappa shape index (κ3) is 5.35. The zero-order valence-corrected chi connectivity index (χ0v) is 26.8. The van der Waals surface area contributed by atoms with Crippen LogP contribution in [0.25, 0.3) is 22.2 Å². The Morgan fingerprint density at radius 2 is 2.07 bits per heavy atom. The first-order valence-electron chi connectivity index (χ1n) is 15.7. The number of methoxy groups -OCH3 is 1. The number of ether oxygens (including phenoxy) is 4. The number of halogens is 3. The van der Waals surface area contributed by atoms with Crippen molar-refractivity contribution in [2.75, 3.05) is 45.1 Å². The van der Waals surface area contributed by atoms with E-state index in [4.69, 9.17) is 46.3 Å². The van der Waals surface area contributed by atoms with Crippen LogP contribution >= 0.6 is 11.6 Å². The van der Waals surface area contributed by atoms with Gasteiger partial charge in [0.25, 0.3) is 0 Å². The number of nitrogens with two attached hydrogens (primary N) is 1. The summed E-state index contributed by atoms with van der Waals surface area (Å²) in [4.78, 5) is 30.3. The predicted molar refractivity (Wildman–Crippen MR) is 167 cm³/mol. The van der Waals surface area contributed by atoms with Crippen molar-refractivity contribution >= 4 is 34.2 Å². The summed E-state index contributed by atoms with van der Waals surface area (Å²) in [5, 5.41) is 0.631. The van der Waals surface area contributed by atoms with Crippen molar-refractivity contribution < 1.29 is 32.5 Å². The quantitative estimate of drug-likeness (QED) is 0.305. The predicted octanol–water partition coefficient (Wildman–Crippen LogP) is 4.76. The highest BCUT2D eigenvalue weighted by Crippen LogP contribution is 2.50. The smallest absolute Gasteiger partial charge is 0.319 e. The number of primary amides is 1. The zero-order chi connectivity index (χ0) is 32.3. The Balaban J connectivity index is 1.41. The third-order valence-electron chi connectivity index (χ3n) is 9.64. The second-order valence-corrected chi connectivity index (χ2v) is 13.2. The van der Waals surface area contributed by atoms with Crippen molar-refractivity contribution in [2.24, 2.45) is 5.73 Å². The van der Waals surface area contributed by atoms with Crippen molar-refractivity contribution in [3.05, 3.63) is 28.5 Å². The van der Waals surface area contributed by atoms with Crippen LogP contribution < -0.4 is 24.8 Å². The standard InChI is InChI=1S/C32H37ClF2N6O5/c1-16-13-44-30-24-27(25(35)26(37-30)21-9-20(46-15-43-3)10-22(33)23(21)18-5-6-18)38-31(39-29(24)41(16)17(2)28(36)42)45-14-32-7-4-8-40(32)12-19(34)11-32/h9-10,16-19H,4-8,11-15H2,1-3H3,(H2,36,42)/t16-,17+,19+,32-/m0/s1. The molecule has 246 valence electrons. The number of nitrogens with zero attached hydrogens (tertiary/aromatic N) is 5. The molecule has 4 aliphatic rings. The van der Waals surface area contributed by atoms with Crippen LogP contribution in [0, 0.1) is 5.82 Å². The summed E-state index contributed by atoms with van der Waals surface area (Å²) >= 11 is 6.76. The number of carbonyl (C=O) groups excluding carboxylic acids is 1. The maximum Gasteiger partial charge on any atom is 0.319 e. The van der Waals surface area contributed by atoms with E-state index >= 15 is 4.39 Å². The van der Waals surface area contributed by atoms with E-state index in [1.165, 1.54) is 7.11 Å². The van der Waals surface area contributed by atoms with Crippen LogP contribution in [-0.4, -0.2) is 89.8 Å². The van der Waals surface area contributed by atoms with Gasteiger partial charge in [0, 0.05) is 30.7 Å². The van der Waals surface area contributed by atoms with Crippen LogP contribution in [0.4, 0.5) is 14.6 Å². The van der Waals surface area contributed by atoms with Gasteiger partial charge in [0.2, 0.25) is 11.8 Å². The molecule has 0 radical (unpaired) electrons. The van der Waals surface area contributed by atoms with Gasteiger partial charge in [-0.25, -0.2) is 13.8 Å². The lowest BCUT2D eigenvalue weighted by molar-refractivity contribution is -0.119. The Morgan fingerprint density at radius 1 is 1.26 bits per heavy atom. The number of rotatable bonds is 10. The zero-order valence-electron chi connectivity index (χ0n) is 26.0. The molecule has 1 amide bonds. The van der Waals surface area contributed by atoms with Crippen molar-refractivity contribution in [3.63, 3.8) is 0 Å². The first-order valence-corrected chi connectivity index (χ1v) is 16.1. The molecule has 0 bridgehead atoms. The van der Waals surface area contributed by atoms with Gasteiger partial charge in [-0.2, -0.15) is 9.97 Å². The Bertz CT molecular complexity index is 1690. The number of carbonyl (C=O) groups is 1. The minimum atomic E-state index is -0.944. The number of aromatic nitrogens is 3. The molecular formula is C32H37ClF2N6O5. The maximum absolute atomic E-state index is 17.0. The third-order valence-corrected chi connectivity index (χ3v) is 9.95. The minimum Gasteiger partial charge on any atom is -0.475 e. The van der Waals surface area contributed by atoms with Crippen molar-refractivity contribution in [2.45, 2.75) is 75.7 Å². The summed E-state index contributed by atoms with van der Waals surface area (Å²) in [5.41, 5.74) is 6.41. The highest BCUT2D eigenvalue weighted by Gasteiger charge is 2.49. The molecule has 3 fully saturated rings. The van der Waals surface area contributed by atoms with E-state index in [2.05, 4.69) is 9.88 Å². The number of hydrogen-bond donors (Lipinski definition) is 1. The molecule has 0 spiro atoms. The molecule has 7 rings (SSSR count). The maximum atomic E-state index is 17.0. The molecule has 4 atom stereocenters. The Kier molecular flexibility index (Phi) is 8.05. The molecule has 2 aromatic heterocycles. The Labute approximate surface area is 270 Å². The van der Waals surface area contributed by atoms with Crippen LogP contribution in [0.1, 0.15) is 57.4 Å². The van der Waals surface area contributed by atoms with Gasteiger partial charge in [0.15, 0.2) is 12.6 Å². The van der Waals surface area contributed by atoms with Gasteiger partial charge in [0.1, 0.15) is 53.6 Å². The van der Waals surface area contributed by atoms with Gasteiger partial charge in [-0.3, -0.25) is 9.69 Å². The Morgan fingerprint density at radius 3 is 2.80 bits per heavy atom. The first-order chi connectivity index (χ1) is 22.1. The normalized spacial score (nSPS) is 24.9. The van der Waals surface area contributed by atoms with Crippen LogP contribution in [0.15, 0.2) is 12.1 Å². The molecule has 2 saturated heterocycles. The second-order valence-electron chi connectivity index (χ2n) is 12.8. The number of pyridine rings is 1. The van der Waals surface area contributed by atoms with E-state index in [1.807, 2.05) is 6.92 Å². The number of alkyl halides is 1. The largest absolute Gasteiger partial charge is 0.475 e. The lowest BCUT2D eigenvalue weighted by atomic mass is 9.95. The fraction of sp³-hybridized carbons (Fsp3) is 0.562. The molecule has 1 aliphatic carbocycles. The van der Waals surface area contributed by atoms with E-state index < -0.39 is 35.5 Å². The lowest BCUT2D eigenvalue weighted by Crippen LogP contribution is -2.49. The Hall–Kier alpha value is -3.55. The molecule has 3 aliphatic heterocycles. The monoisotopic (exact) mass is 658 g/mol. The first kappa shape index (κ1) is 31.1. The topological polar surface area (TPSA) is 125 Å². The molecular weight excluding hydrogens is 622 g/mol. The summed E-state index contributed by atoms with van der Waals surface area (Å²) in [6, 6.07) is 2.07.